The second-order valence-corrected chi connectivity index (χ2v) is 5.21. The van der Waals surface area contributed by atoms with Crippen LogP contribution in [0.4, 0.5) is 0 Å². The van der Waals surface area contributed by atoms with Gasteiger partial charge in [-0.15, -0.1) is 0 Å². The highest BCUT2D eigenvalue weighted by Crippen LogP contribution is 2.19. The second kappa shape index (κ2) is 5.33. The van der Waals surface area contributed by atoms with Gasteiger partial charge < -0.3 is 0 Å². The van der Waals surface area contributed by atoms with Crippen molar-refractivity contribution >= 4 is 28.0 Å². The first kappa shape index (κ1) is 12.1. The van der Waals surface area contributed by atoms with E-state index >= 15 is 0 Å². The highest BCUT2D eigenvalue weighted by atomic mass is 32.1. The maximum Gasteiger partial charge on any atom is 0.163 e. The minimum atomic E-state index is 0.185. The van der Waals surface area contributed by atoms with E-state index in [1.165, 1.54) is 5.56 Å². The first-order valence-corrected chi connectivity index (χ1v) is 7.17. The summed E-state index contributed by atoms with van der Waals surface area (Å²) in [4.78, 5) is 16.6. The summed E-state index contributed by atoms with van der Waals surface area (Å²) in [5, 5.41) is 5.08. The topological polar surface area (TPSA) is 30.0 Å². The number of pyridine rings is 1. The number of hydrogen-bond donors (Lipinski definition) is 0. The predicted octanol–water partition coefficient (Wildman–Crippen LogP) is 4.11. The van der Waals surface area contributed by atoms with Crippen molar-refractivity contribution in [1.29, 1.82) is 0 Å². The van der Waals surface area contributed by atoms with Crippen LogP contribution >= 0.6 is 11.3 Å². The Morgan fingerprint density at radius 2 is 2.11 bits per heavy atom. The lowest BCUT2D eigenvalue weighted by Gasteiger charge is -2.04. The van der Waals surface area contributed by atoms with Gasteiger partial charge in [-0.2, -0.15) is 11.3 Å². The van der Waals surface area contributed by atoms with E-state index < -0.39 is 0 Å². The van der Waals surface area contributed by atoms with Crippen molar-refractivity contribution in [2.24, 2.45) is 0 Å². The summed E-state index contributed by atoms with van der Waals surface area (Å²) in [5.74, 6) is 0.185. The van der Waals surface area contributed by atoms with Gasteiger partial charge in [0.15, 0.2) is 5.78 Å². The molecular weight excluding hydrogens is 254 g/mol. The molecule has 0 atom stereocenters. The fraction of sp³-hybridized carbons (Fsp3) is 0.125. The molecule has 3 rings (SSSR count). The molecule has 0 radical (unpaired) electrons. The van der Waals surface area contributed by atoms with Crippen LogP contribution in [0.2, 0.25) is 0 Å². The van der Waals surface area contributed by atoms with Gasteiger partial charge in [0.2, 0.25) is 0 Å². The Balaban J connectivity index is 1.85. The van der Waals surface area contributed by atoms with Crippen LogP contribution in [0.5, 0.6) is 0 Å². The number of carbonyl (C=O) groups excluding carboxylic acids is 1. The van der Waals surface area contributed by atoms with E-state index in [-0.39, 0.29) is 5.78 Å². The van der Waals surface area contributed by atoms with Crippen molar-refractivity contribution in [1.82, 2.24) is 4.98 Å². The number of ketones is 1. The molecule has 3 aromatic rings. The van der Waals surface area contributed by atoms with Crippen LogP contribution in [0.25, 0.3) is 10.9 Å². The Kier molecular flexibility index (Phi) is 3.38. The van der Waals surface area contributed by atoms with Crippen LogP contribution in [-0.2, 0) is 6.42 Å². The lowest BCUT2D eigenvalue weighted by molar-refractivity contribution is 0.0984. The Bertz CT molecular complexity index is 698. The zero-order chi connectivity index (χ0) is 13.1. The predicted molar refractivity (Wildman–Crippen MR) is 78.7 cm³/mol. The normalized spacial score (nSPS) is 10.7. The van der Waals surface area contributed by atoms with E-state index in [0.29, 0.717) is 6.42 Å². The minimum absolute atomic E-state index is 0.185. The molecule has 19 heavy (non-hydrogen) atoms. The van der Waals surface area contributed by atoms with Gasteiger partial charge in [0, 0.05) is 23.6 Å². The zero-order valence-electron chi connectivity index (χ0n) is 10.4. The van der Waals surface area contributed by atoms with Gasteiger partial charge in [-0.05, 0) is 40.9 Å². The van der Waals surface area contributed by atoms with Crippen molar-refractivity contribution < 1.29 is 4.79 Å². The Labute approximate surface area is 115 Å². The zero-order valence-corrected chi connectivity index (χ0v) is 11.2. The maximum absolute atomic E-state index is 12.3. The number of aromatic nitrogens is 1. The molecule has 2 nitrogen and oxygen atoms in total. The summed E-state index contributed by atoms with van der Waals surface area (Å²) >= 11 is 1.67. The molecule has 3 heteroatoms. The van der Waals surface area contributed by atoms with Crippen LogP contribution in [0.15, 0.2) is 53.4 Å². The molecule has 0 aliphatic carbocycles. The van der Waals surface area contributed by atoms with Crippen LogP contribution in [0.3, 0.4) is 0 Å². The highest BCUT2D eigenvalue weighted by Gasteiger charge is 2.10. The van der Waals surface area contributed by atoms with Gasteiger partial charge in [-0.25, -0.2) is 0 Å². The number of Topliss-reactive ketones (excluding diaryl/α,β-unsaturated/α-hetero) is 1. The molecule has 0 aliphatic heterocycles. The van der Waals surface area contributed by atoms with E-state index in [1.54, 1.807) is 17.5 Å². The van der Waals surface area contributed by atoms with Crippen LogP contribution in [-0.4, -0.2) is 10.8 Å². The SMILES string of the molecule is O=C(CCc1ccsc1)c1cccc2ncccc12. The van der Waals surface area contributed by atoms with Crippen molar-refractivity contribution in [2.75, 3.05) is 0 Å². The third-order valence-electron chi connectivity index (χ3n) is 3.17. The van der Waals surface area contributed by atoms with E-state index in [4.69, 9.17) is 0 Å². The summed E-state index contributed by atoms with van der Waals surface area (Å²) in [7, 11) is 0. The third kappa shape index (κ3) is 2.56. The average molecular weight is 267 g/mol. The monoisotopic (exact) mass is 267 g/mol. The van der Waals surface area contributed by atoms with Gasteiger partial charge in [0.25, 0.3) is 0 Å². The molecule has 0 N–H and O–H groups in total. The molecular formula is C16H13NOS. The third-order valence-corrected chi connectivity index (χ3v) is 3.90. The molecule has 0 bridgehead atoms. The summed E-state index contributed by atoms with van der Waals surface area (Å²) in [5.41, 5.74) is 2.89. The van der Waals surface area contributed by atoms with E-state index in [1.807, 2.05) is 35.7 Å². The lowest BCUT2D eigenvalue weighted by Crippen LogP contribution is -2.02. The molecule has 0 aliphatic rings. The molecule has 94 valence electrons. The van der Waals surface area contributed by atoms with Gasteiger partial charge in [0.05, 0.1) is 5.52 Å². The number of benzene rings is 1. The molecule has 0 spiro atoms. The molecule has 0 amide bonds. The molecule has 0 saturated carbocycles. The first-order chi connectivity index (χ1) is 9.34. The van der Waals surface area contributed by atoms with Crippen molar-refractivity contribution in [3.8, 4) is 0 Å². The first-order valence-electron chi connectivity index (χ1n) is 6.22. The van der Waals surface area contributed by atoms with Gasteiger partial charge in [-0.3, -0.25) is 9.78 Å². The summed E-state index contributed by atoms with van der Waals surface area (Å²) < 4.78 is 0. The number of nitrogens with zero attached hydrogens (tertiary/aromatic N) is 1. The number of rotatable bonds is 4. The molecule has 0 fully saturated rings. The molecule has 0 unspecified atom stereocenters. The largest absolute Gasteiger partial charge is 0.294 e. The van der Waals surface area contributed by atoms with Crippen LogP contribution in [0, 0.1) is 0 Å². The summed E-state index contributed by atoms with van der Waals surface area (Å²) in [6.45, 7) is 0. The fourth-order valence-electron chi connectivity index (χ4n) is 2.17. The Morgan fingerprint density at radius 3 is 2.95 bits per heavy atom. The second-order valence-electron chi connectivity index (χ2n) is 4.43. The van der Waals surface area contributed by atoms with Gasteiger partial charge in [0.1, 0.15) is 0 Å². The van der Waals surface area contributed by atoms with Crippen molar-refractivity contribution in [3.63, 3.8) is 0 Å². The van der Waals surface area contributed by atoms with Crippen LogP contribution in [0.1, 0.15) is 22.3 Å². The molecule has 1 aromatic carbocycles. The van der Waals surface area contributed by atoms with Crippen molar-refractivity contribution in [3.05, 3.63) is 64.5 Å². The Hall–Kier alpha value is -2.00. The number of carbonyl (C=O) groups is 1. The number of hydrogen-bond acceptors (Lipinski definition) is 3. The molecule has 2 aromatic heterocycles. The van der Waals surface area contributed by atoms with Crippen molar-refractivity contribution in [2.45, 2.75) is 12.8 Å². The standard InChI is InChI=1S/C16H13NOS/c18-16(7-6-12-8-10-19-11-12)14-3-1-5-15-13(14)4-2-9-17-15/h1-5,8-11H,6-7H2. The number of aryl methyl sites for hydroxylation is 1. The highest BCUT2D eigenvalue weighted by molar-refractivity contribution is 7.07. The van der Waals surface area contributed by atoms with E-state index in [0.717, 1.165) is 22.9 Å². The summed E-state index contributed by atoms with van der Waals surface area (Å²) in [6, 6.07) is 11.6. The Morgan fingerprint density at radius 1 is 1.16 bits per heavy atom. The van der Waals surface area contributed by atoms with E-state index in [9.17, 15) is 4.79 Å². The van der Waals surface area contributed by atoms with Gasteiger partial charge in [-0.1, -0.05) is 18.2 Å². The van der Waals surface area contributed by atoms with Gasteiger partial charge >= 0.3 is 0 Å². The molecule has 2 heterocycles. The summed E-state index contributed by atoms with van der Waals surface area (Å²) in [6.07, 6.45) is 3.10. The number of fused-ring (bicyclic) bond motifs is 1. The average Bonchev–Trinajstić information content (AvgIpc) is 2.97. The smallest absolute Gasteiger partial charge is 0.163 e. The molecule has 0 saturated heterocycles. The van der Waals surface area contributed by atoms with Crippen LogP contribution < -0.4 is 0 Å². The lowest BCUT2D eigenvalue weighted by atomic mass is 10.0. The van der Waals surface area contributed by atoms with E-state index in [2.05, 4.69) is 16.4 Å². The minimum Gasteiger partial charge on any atom is -0.294 e. The number of thiophene rings is 1. The quantitative estimate of drug-likeness (QED) is 0.666. The fourth-order valence-corrected chi connectivity index (χ4v) is 2.88. The maximum atomic E-state index is 12.3.